The van der Waals surface area contributed by atoms with Crippen molar-refractivity contribution in [2.24, 2.45) is 0 Å². The van der Waals surface area contributed by atoms with Gasteiger partial charge in [0.1, 0.15) is 0 Å². The van der Waals surface area contributed by atoms with E-state index in [0.717, 1.165) is 17.3 Å². The Morgan fingerprint density at radius 1 is 0.964 bits per heavy atom. The van der Waals surface area contributed by atoms with E-state index in [9.17, 15) is 9.59 Å². The zero-order valence-electron chi connectivity index (χ0n) is 15.9. The summed E-state index contributed by atoms with van der Waals surface area (Å²) in [7, 11) is 0. The van der Waals surface area contributed by atoms with E-state index in [-0.39, 0.29) is 0 Å². The lowest BCUT2D eigenvalue weighted by Gasteiger charge is -2.13. The number of para-hydroxylation sites is 1. The Morgan fingerprint density at radius 2 is 1.75 bits per heavy atom. The number of ether oxygens (including phenoxy) is 2. The summed E-state index contributed by atoms with van der Waals surface area (Å²) in [5, 5.41) is 0.783. The molecule has 2 amide bonds. The SMILES string of the molecule is CCCOc1ccc(C(=O)NNC(=O)c2c[nH]c3ccccc23)cc1OCC. The molecular formula is C21H23N3O4. The molecule has 3 N–H and O–H groups in total. The van der Waals surface area contributed by atoms with Crippen LogP contribution in [0.15, 0.2) is 48.7 Å². The van der Waals surface area contributed by atoms with E-state index in [4.69, 9.17) is 9.47 Å². The van der Waals surface area contributed by atoms with E-state index < -0.39 is 11.8 Å². The van der Waals surface area contributed by atoms with Gasteiger partial charge in [-0.2, -0.15) is 0 Å². The number of aromatic amines is 1. The molecule has 0 spiro atoms. The highest BCUT2D eigenvalue weighted by Gasteiger charge is 2.15. The number of fused-ring (bicyclic) bond motifs is 1. The van der Waals surface area contributed by atoms with Gasteiger partial charge in [-0.1, -0.05) is 25.1 Å². The molecule has 0 aliphatic rings. The van der Waals surface area contributed by atoms with Crippen molar-refractivity contribution in [3.63, 3.8) is 0 Å². The highest BCUT2D eigenvalue weighted by Crippen LogP contribution is 2.28. The topological polar surface area (TPSA) is 92.5 Å². The van der Waals surface area contributed by atoms with Crippen molar-refractivity contribution < 1.29 is 19.1 Å². The number of carbonyl (C=O) groups excluding carboxylic acids is 2. The summed E-state index contributed by atoms with van der Waals surface area (Å²) in [6, 6.07) is 12.4. The Balaban J connectivity index is 1.68. The Bertz CT molecular complexity index is 981. The van der Waals surface area contributed by atoms with E-state index in [2.05, 4.69) is 15.8 Å². The van der Waals surface area contributed by atoms with Crippen LogP contribution in [0.2, 0.25) is 0 Å². The van der Waals surface area contributed by atoms with Crippen LogP contribution < -0.4 is 20.3 Å². The van der Waals surface area contributed by atoms with Gasteiger partial charge in [-0.25, -0.2) is 0 Å². The van der Waals surface area contributed by atoms with Gasteiger partial charge in [0.25, 0.3) is 11.8 Å². The number of hydrogen-bond acceptors (Lipinski definition) is 4. The molecule has 2 aromatic carbocycles. The molecule has 28 heavy (non-hydrogen) atoms. The summed E-state index contributed by atoms with van der Waals surface area (Å²) >= 11 is 0. The molecule has 0 bridgehead atoms. The number of nitrogens with one attached hydrogen (secondary N) is 3. The summed E-state index contributed by atoms with van der Waals surface area (Å²) in [5.41, 5.74) is 6.54. The van der Waals surface area contributed by atoms with Crippen LogP contribution in [-0.4, -0.2) is 30.0 Å². The first-order valence-corrected chi connectivity index (χ1v) is 9.20. The maximum absolute atomic E-state index is 12.4. The molecule has 0 aliphatic heterocycles. The molecular weight excluding hydrogens is 358 g/mol. The monoisotopic (exact) mass is 381 g/mol. The summed E-state index contributed by atoms with van der Waals surface area (Å²) in [6.07, 6.45) is 2.48. The minimum atomic E-state index is -0.448. The standard InChI is InChI=1S/C21H23N3O4/c1-3-11-28-18-10-9-14(12-19(18)27-4-2)20(25)23-24-21(26)16-13-22-17-8-6-5-7-15(16)17/h5-10,12-13,22H,3-4,11H2,1-2H3,(H,23,25)(H,24,26). The van der Waals surface area contributed by atoms with Crippen LogP contribution in [0.3, 0.4) is 0 Å². The minimum Gasteiger partial charge on any atom is -0.490 e. The summed E-state index contributed by atoms with van der Waals surface area (Å²) in [4.78, 5) is 27.9. The first-order chi connectivity index (χ1) is 13.6. The predicted octanol–water partition coefficient (Wildman–Crippen LogP) is 3.43. The van der Waals surface area contributed by atoms with Crippen LogP contribution in [0.5, 0.6) is 11.5 Å². The van der Waals surface area contributed by atoms with Crippen molar-refractivity contribution in [3.8, 4) is 11.5 Å². The maximum Gasteiger partial charge on any atom is 0.271 e. The molecule has 0 radical (unpaired) electrons. The van der Waals surface area contributed by atoms with Gasteiger partial charge in [-0.05, 0) is 37.6 Å². The van der Waals surface area contributed by atoms with E-state index in [1.807, 2.05) is 38.1 Å². The van der Waals surface area contributed by atoms with Crippen molar-refractivity contribution in [2.75, 3.05) is 13.2 Å². The molecule has 7 heteroatoms. The number of carbonyl (C=O) groups is 2. The van der Waals surface area contributed by atoms with Gasteiger partial charge in [0, 0.05) is 22.7 Å². The highest BCUT2D eigenvalue weighted by atomic mass is 16.5. The van der Waals surface area contributed by atoms with Gasteiger partial charge in [0.05, 0.1) is 18.8 Å². The van der Waals surface area contributed by atoms with Crippen LogP contribution in [-0.2, 0) is 0 Å². The Morgan fingerprint density at radius 3 is 2.54 bits per heavy atom. The smallest absolute Gasteiger partial charge is 0.271 e. The molecule has 1 aromatic heterocycles. The molecule has 3 aromatic rings. The van der Waals surface area contributed by atoms with Crippen LogP contribution >= 0.6 is 0 Å². The number of rotatable bonds is 7. The molecule has 0 saturated carbocycles. The van der Waals surface area contributed by atoms with E-state index in [1.165, 1.54) is 0 Å². The average molecular weight is 381 g/mol. The molecule has 0 atom stereocenters. The quantitative estimate of drug-likeness (QED) is 0.547. The molecule has 146 valence electrons. The van der Waals surface area contributed by atoms with Crippen molar-refractivity contribution >= 4 is 22.7 Å². The summed E-state index contributed by atoms with van der Waals surface area (Å²) < 4.78 is 11.2. The third kappa shape index (κ3) is 4.25. The zero-order chi connectivity index (χ0) is 19.9. The largest absolute Gasteiger partial charge is 0.490 e. The molecule has 0 aliphatic carbocycles. The average Bonchev–Trinajstić information content (AvgIpc) is 3.15. The van der Waals surface area contributed by atoms with Crippen molar-refractivity contribution in [1.29, 1.82) is 0 Å². The summed E-state index contributed by atoms with van der Waals surface area (Å²) in [6.45, 7) is 4.88. The lowest BCUT2D eigenvalue weighted by molar-refractivity contribution is 0.0847. The number of aromatic nitrogens is 1. The fraction of sp³-hybridized carbons (Fsp3) is 0.238. The molecule has 0 saturated heterocycles. The zero-order valence-corrected chi connectivity index (χ0v) is 15.9. The van der Waals surface area contributed by atoms with Crippen LogP contribution in [0.25, 0.3) is 10.9 Å². The number of amides is 2. The Labute approximate surface area is 163 Å². The van der Waals surface area contributed by atoms with E-state index >= 15 is 0 Å². The van der Waals surface area contributed by atoms with Gasteiger partial charge < -0.3 is 14.5 Å². The van der Waals surface area contributed by atoms with E-state index in [0.29, 0.717) is 35.8 Å². The number of H-pyrrole nitrogens is 1. The molecule has 7 nitrogen and oxygen atoms in total. The second-order valence-corrected chi connectivity index (χ2v) is 6.10. The third-order valence-electron chi connectivity index (χ3n) is 4.09. The van der Waals surface area contributed by atoms with Gasteiger partial charge in [-0.15, -0.1) is 0 Å². The van der Waals surface area contributed by atoms with Gasteiger partial charge in [0.2, 0.25) is 0 Å². The lowest BCUT2D eigenvalue weighted by atomic mass is 10.1. The van der Waals surface area contributed by atoms with Gasteiger partial charge in [-0.3, -0.25) is 20.4 Å². The van der Waals surface area contributed by atoms with Crippen molar-refractivity contribution in [2.45, 2.75) is 20.3 Å². The van der Waals surface area contributed by atoms with Crippen LogP contribution in [0.1, 0.15) is 41.0 Å². The van der Waals surface area contributed by atoms with Crippen LogP contribution in [0, 0.1) is 0 Å². The van der Waals surface area contributed by atoms with Gasteiger partial charge in [0.15, 0.2) is 11.5 Å². The lowest BCUT2D eigenvalue weighted by Crippen LogP contribution is -2.41. The van der Waals surface area contributed by atoms with Crippen molar-refractivity contribution in [3.05, 3.63) is 59.8 Å². The number of benzene rings is 2. The second kappa shape index (κ2) is 8.94. The normalized spacial score (nSPS) is 10.5. The molecule has 0 fully saturated rings. The third-order valence-corrected chi connectivity index (χ3v) is 4.09. The fourth-order valence-corrected chi connectivity index (χ4v) is 2.76. The summed E-state index contributed by atoms with van der Waals surface area (Å²) in [5.74, 6) is 0.226. The molecule has 3 rings (SSSR count). The van der Waals surface area contributed by atoms with Crippen LogP contribution in [0.4, 0.5) is 0 Å². The Hall–Kier alpha value is -3.48. The fourth-order valence-electron chi connectivity index (χ4n) is 2.76. The van der Waals surface area contributed by atoms with Gasteiger partial charge >= 0.3 is 0 Å². The predicted molar refractivity (Wildman–Crippen MR) is 107 cm³/mol. The minimum absolute atomic E-state index is 0.353. The highest BCUT2D eigenvalue weighted by molar-refractivity contribution is 6.07. The number of hydrogen-bond donors (Lipinski definition) is 3. The first kappa shape index (κ1) is 19.3. The second-order valence-electron chi connectivity index (χ2n) is 6.10. The number of hydrazine groups is 1. The molecule has 1 heterocycles. The maximum atomic E-state index is 12.4. The first-order valence-electron chi connectivity index (χ1n) is 9.20. The van der Waals surface area contributed by atoms with Crippen molar-refractivity contribution in [1.82, 2.24) is 15.8 Å². The molecule has 0 unspecified atom stereocenters. The van der Waals surface area contributed by atoms with E-state index in [1.54, 1.807) is 24.4 Å². The Kier molecular flexibility index (Phi) is 6.16.